The van der Waals surface area contributed by atoms with Crippen molar-refractivity contribution in [3.8, 4) is 11.4 Å². The zero-order valence-corrected chi connectivity index (χ0v) is 15.7. The van der Waals surface area contributed by atoms with Crippen molar-refractivity contribution in [2.75, 3.05) is 6.54 Å². The fourth-order valence-electron chi connectivity index (χ4n) is 3.38. The average molecular weight is 368 g/mol. The van der Waals surface area contributed by atoms with E-state index in [1.165, 1.54) is 11.1 Å². The number of hydrogen-bond acceptors (Lipinski definition) is 6. The summed E-state index contributed by atoms with van der Waals surface area (Å²) < 4.78 is 5.47. The van der Waals surface area contributed by atoms with Gasteiger partial charge in [-0.05, 0) is 46.9 Å². The first-order valence-electron chi connectivity index (χ1n) is 8.75. The molecule has 0 radical (unpaired) electrons. The minimum Gasteiger partial charge on any atom is -0.339 e. The van der Waals surface area contributed by atoms with E-state index >= 15 is 0 Å². The molecule has 3 aromatic heterocycles. The maximum absolute atomic E-state index is 12.0. The van der Waals surface area contributed by atoms with Gasteiger partial charge in [0.05, 0.1) is 6.42 Å². The maximum Gasteiger partial charge on any atom is 0.231 e. The minimum absolute atomic E-state index is 0.176. The molecule has 0 aliphatic carbocycles. The number of fused-ring (bicyclic) bond motifs is 1. The molecule has 1 aliphatic rings. The van der Waals surface area contributed by atoms with Crippen LogP contribution < -0.4 is 0 Å². The summed E-state index contributed by atoms with van der Waals surface area (Å²) >= 11 is 1.66. The van der Waals surface area contributed by atoms with E-state index in [1.54, 1.807) is 11.3 Å². The number of carbonyl (C=O) groups excluding carboxylic acids is 1. The van der Waals surface area contributed by atoms with E-state index in [1.807, 2.05) is 30.3 Å². The maximum atomic E-state index is 12.0. The highest BCUT2D eigenvalue weighted by molar-refractivity contribution is 7.07. The summed E-state index contributed by atoms with van der Waals surface area (Å²) in [5, 5.41) is 8.33. The molecule has 0 N–H and O–H groups in total. The van der Waals surface area contributed by atoms with Crippen molar-refractivity contribution < 1.29 is 9.32 Å². The van der Waals surface area contributed by atoms with Gasteiger partial charge in [0.25, 0.3) is 0 Å². The second-order valence-electron chi connectivity index (χ2n) is 6.46. The van der Waals surface area contributed by atoms with Crippen molar-refractivity contribution in [3.05, 3.63) is 51.3 Å². The minimum atomic E-state index is 0.176. The van der Waals surface area contributed by atoms with Gasteiger partial charge in [0.1, 0.15) is 0 Å². The molecule has 0 bridgehead atoms. The van der Waals surface area contributed by atoms with Gasteiger partial charge in [0.2, 0.25) is 17.6 Å². The lowest BCUT2D eigenvalue weighted by Crippen LogP contribution is -2.35. The Bertz CT molecular complexity index is 933. The summed E-state index contributed by atoms with van der Waals surface area (Å²) in [5.41, 5.74) is 5.26. The summed E-state index contributed by atoms with van der Waals surface area (Å²) in [6, 6.07) is 2.06. The number of aryl methyl sites for hydroxylation is 1. The highest BCUT2D eigenvalue weighted by Gasteiger charge is 2.25. The van der Waals surface area contributed by atoms with Crippen LogP contribution in [0, 0.1) is 6.92 Å². The predicted molar refractivity (Wildman–Crippen MR) is 98.8 cm³/mol. The Labute approximate surface area is 155 Å². The van der Waals surface area contributed by atoms with Crippen molar-refractivity contribution in [2.24, 2.45) is 0 Å². The topological polar surface area (TPSA) is 72.1 Å². The second-order valence-corrected chi connectivity index (χ2v) is 7.24. The normalized spacial score (nSPS) is 13.7. The lowest BCUT2D eigenvalue weighted by Gasteiger charge is -2.29. The predicted octanol–water partition coefficient (Wildman–Crippen LogP) is 3.39. The fourth-order valence-corrected chi connectivity index (χ4v) is 4.05. The summed E-state index contributed by atoms with van der Waals surface area (Å²) in [6.45, 7) is 5.18. The first-order chi connectivity index (χ1) is 12.7. The molecular weight excluding hydrogens is 348 g/mol. The summed E-state index contributed by atoms with van der Waals surface area (Å²) in [7, 11) is 0. The van der Waals surface area contributed by atoms with Crippen LogP contribution in [0.2, 0.25) is 0 Å². The fraction of sp³-hybridized carbons (Fsp3) is 0.368. The molecular formula is C19H20N4O2S. The van der Waals surface area contributed by atoms with Crippen molar-refractivity contribution in [1.29, 1.82) is 0 Å². The number of nitrogens with zero attached hydrogens (tertiary/aromatic N) is 4. The van der Waals surface area contributed by atoms with Crippen molar-refractivity contribution in [1.82, 2.24) is 20.0 Å². The second kappa shape index (κ2) is 6.99. The van der Waals surface area contributed by atoms with Crippen LogP contribution in [-0.2, 0) is 24.2 Å². The molecule has 134 valence electrons. The molecule has 0 fully saturated rings. The van der Waals surface area contributed by atoms with Crippen LogP contribution in [0.3, 0.4) is 0 Å². The van der Waals surface area contributed by atoms with Crippen LogP contribution in [0.25, 0.3) is 11.4 Å². The van der Waals surface area contributed by atoms with Crippen LogP contribution in [0.5, 0.6) is 0 Å². The summed E-state index contributed by atoms with van der Waals surface area (Å²) in [4.78, 5) is 23.0. The quantitative estimate of drug-likeness (QED) is 0.706. The van der Waals surface area contributed by atoms with Crippen LogP contribution >= 0.6 is 11.3 Å². The third kappa shape index (κ3) is 3.14. The Morgan fingerprint density at radius 1 is 1.42 bits per heavy atom. The first kappa shape index (κ1) is 16.9. The highest BCUT2D eigenvalue weighted by atomic mass is 32.1. The molecule has 4 rings (SSSR count). The molecule has 4 heterocycles. The third-order valence-corrected chi connectivity index (χ3v) is 5.47. The summed E-state index contributed by atoms with van der Waals surface area (Å²) in [5.74, 6) is 1.37. The largest absolute Gasteiger partial charge is 0.339 e. The molecule has 0 aromatic carbocycles. The van der Waals surface area contributed by atoms with E-state index in [2.05, 4.69) is 26.6 Å². The van der Waals surface area contributed by atoms with Crippen molar-refractivity contribution >= 4 is 17.2 Å². The molecule has 0 spiro atoms. The van der Waals surface area contributed by atoms with Crippen molar-refractivity contribution in [3.63, 3.8) is 0 Å². The zero-order valence-electron chi connectivity index (χ0n) is 14.9. The molecule has 0 atom stereocenters. The van der Waals surface area contributed by atoms with Crippen LogP contribution in [-0.4, -0.2) is 32.5 Å². The molecule has 0 saturated carbocycles. The molecule has 3 aromatic rings. The van der Waals surface area contributed by atoms with Crippen molar-refractivity contribution in [2.45, 2.75) is 39.7 Å². The number of thiophene rings is 1. The van der Waals surface area contributed by atoms with Gasteiger partial charge in [0, 0.05) is 37.0 Å². The highest BCUT2D eigenvalue weighted by Crippen LogP contribution is 2.31. The third-order valence-electron chi connectivity index (χ3n) is 4.74. The van der Waals surface area contributed by atoms with E-state index < -0.39 is 0 Å². The van der Waals surface area contributed by atoms with E-state index in [0.717, 1.165) is 29.8 Å². The molecule has 1 amide bonds. The molecule has 0 unspecified atom stereocenters. The van der Waals surface area contributed by atoms with Gasteiger partial charge < -0.3 is 9.42 Å². The van der Waals surface area contributed by atoms with Gasteiger partial charge in [-0.25, -0.2) is 0 Å². The van der Waals surface area contributed by atoms with Gasteiger partial charge in [-0.3, -0.25) is 9.78 Å². The number of carbonyl (C=O) groups is 1. The molecule has 26 heavy (non-hydrogen) atoms. The van der Waals surface area contributed by atoms with Gasteiger partial charge >= 0.3 is 0 Å². The molecule has 7 heteroatoms. The number of pyridine rings is 1. The molecule has 1 aliphatic heterocycles. The Morgan fingerprint density at radius 3 is 3.08 bits per heavy atom. The Morgan fingerprint density at radius 2 is 2.31 bits per heavy atom. The van der Waals surface area contributed by atoms with E-state index in [4.69, 9.17) is 4.52 Å². The first-order valence-corrected chi connectivity index (χ1v) is 9.69. The number of hydrogen-bond donors (Lipinski definition) is 0. The van der Waals surface area contributed by atoms with Crippen LogP contribution in [0.4, 0.5) is 0 Å². The Hall–Kier alpha value is -2.54. The summed E-state index contributed by atoms with van der Waals surface area (Å²) in [6.07, 6.45) is 3.82. The SMILES string of the molecule is CCC(=O)N1CCc2c(cnc(C)c2-c2noc(Cc3ccsc3)n2)C1. The Balaban J connectivity index is 1.65. The smallest absolute Gasteiger partial charge is 0.231 e. The Kier molecular flexibility index (Phi) is 4.55. The van der Waals surface area contributed by atoms with Crippen LogP contribution in [0.1, 0.15) is 41.6 Å². The van der Waals surface area contributed by atoms with Gasteiger partial charge in [-0.15, -0.1) is 0 Å². The lowest BCUT2D eigenvalue weighted by atomic mass is 9.94. The number of amides is 1. The van der Waals surface area contributed by atoms with Gasteiger partial charge in [0.15, 0.2) is 0 Å². The standard InChI is InChI=1S/C19H20N4O2S/c1-3-17(24)23-6-4-15-14(10-23)9-20-12(2)18(15)19-21-16(25-22-19)8-13-5-7-26-11-13/h5,7,9,11H,3-4,6,8,10H2,1-2H3. The molecule has 6 nitrogen and oxygen atoms in total. The average Bonchev–Trinajstić information content (AvgIpc) is 3.33. The van der Waals surface area contributed by atoms with E-state index in [-0.39, 0.29) is 5.91 Å². The number of aromatic nitrogens is 3. The molecule has 0 saturated heterocycles. The van der Waals surface area contributed by atoms with E-state index in [9.17, 15) is 4.79 Å². The van der Waals surface area contributed by atoms with Crippen LogP contribution in [0.15, 0.2) is 27.5 Å². The zero-order chi connectivity index (χ0) is 18.1. The van der Waals surface area contributed by atoms with E-state index in [0.29, 0.717) is 31.1 Å². The van der Waals surface area contributed by atoms with Gasteiger partial charge in [-0.1, -0.05) is 12.1 Å². The lowest BCUT2D eigenvalue weighted by molar-refractivity contribution is -0.131. The van der Waals surface area contributed by atoms with Gasteiger partial charge in [-0.2, -0.15) is 16.3 Å². The number of rotatable bonds is 4. The monoisotopic (exact) mass is 368 g/mol.